The maximum absolute atomic E-state index is 14.9. The topological polar surface area (TPSA) is 98.8 Å². The van der Waals surface area contributed by atoms with Crippen molar-refractivity contribution in [2.45, 2.75) is 144 Å². The van der Waals surface area contributed by atoms with Crippen molar-refractivity contribution < 1.29 is 41.3 Å². The SMILES string of the molecule is COc1ccccc1S(=O)(=O)[C@H]1O[C@@H]2CC[C@@]3(CC[C@H](COCc4ccccc4)O3)O[C@H]2[C@H](O[Si](C(C)C)(C(C)C)C(C)C)[C@@H]1OCc1ccccc1. The van der Waals surface area contributed by atoms with Crippen LogP contribution < -0.4 is 4.74 Å². The maximum Gasteiger partial charge on any atom is 0.211 e. The number of para-hydroxylation sites is 1. The highest BCUT2D eigenvalue weighted by Crippen LogP contribution is 2.50. The number of benzene rings is 3. The molecular weight excluding hydrogens is 709 g/mol. The lowest BCUT2D eigenvalue weighted by Gasteiger charge is -2.55. The van der Waals surface area contributed by atoms with Gasteiger partial charge < -0.3 is 32.8 Å². The van der Waals surface area contributed by atoms with E-state index in [9.17, 15) is 8.42 Å². The number of fused-ring (bicyclic) bond motifs is 1. The van der Waals surface area contributed by atoms with E-state index in [2.05, 4.69) is 53.7 Å². The molecule has 1 spiro atoms. The van der Waals surface area contributed by atoms with E-state index in [0.29, 0.717) is 32.5 Å². The fourth-order valence-electron chi connectivity index (χ4n) is 8.94. The number of methoxy groups -OCH3 is 1. The van der Waals surface area contributed by atoms with Crippen LogP contribution in [0.15, 0.2) is 89.8 Å². The highest BCUT2D eigenvalue weighted by atomic mass is 32.2. The Labute approximate surface area is 317 Å². The Morgan fingerprint density at radius 2 is 1.34 bits per heavy atom. The third-order valence-electron chi connectivity index (χ3n) is 11.4. The van der Waals surface area contributed by atoms with Crippen molar-refractivity contribution in [3.05, 3.63) is 96.1 Å². The normalized spacial score (nSPS) is 27.8. The van der Waals surface area contributed by atoms with E-state index in [1.54, 1.807) is 24.3 Å². The predicted octanol–water partition coefficient (Wildman–Crippen LogP) is 8.61. The first-order valence-corrected chi connectivity index (χ1v) is 22.9. The summed E-state index contributed by atoms with van der Waals surface area (Å²) in [5, 5.41) is 0. The Morgan fingerprint density at radius 1 is 0.755 bits per heavy atom. The monoisotopic (exact) mass is 766 g/mol. The molecule has 3 aromatic rings. The summed E-state index contributed by atoms with van der Waals surface area (Å²) in [4.78, 5) is 0.0590. The molecule has 0 amide bonds. The molecule has 0 N–H and O–H groups in total. The number of ether oxygens (including phenoxy) is 6. The van der Waals surface area contributed by atoms with Crippen LogP contribution in [0, 0.1) is 0 Å². The molecule has 3 aromatic carbocycles. The molecule has 0 radical (unpaired) electrons. The molecule has 6 rings (SSSR count). The Hall–Kier alpha value is -2.61. The van der Waals surface area contributed by atoms with Gasteiger partial charge in [-0.15, -0.1) is 0 Å². The minimum absolute atomic E-state index is 0.0590. The van der Waals surface area contributed by atoms with Crippen LogP contribution >= 0.6 is 0 Å². The van der Waals surface area contributed by atoms with Crippen LogP contribution in [0.4, 0.5) is 0 Å². The van der Waals surface area contributed by atoms with Gasteiger partial charge in [-0.05, 0) is 52.7 Å². The van der Waals surface area contributed by atoms with Gasteiger partial charge in [-0.3, -0.25) is 0 Å². The summed E-state index contributed by atoms with van der Waals surface area (Å²) >= 11 is 0. The van der Waals surface area contributed by atoms with Crippen molar-refractivity contribution in [2.75, 3.05) is 13.7 Å². The molecule has 290 valence electrons. The molecule has 53 heavy (non-hydrogen) atoms. The van der Waals surface area contributed by atoms with Crippen molar-refractivity contribution in [3.8, 4) is 5.75 Å². The molecule has 0 saturated carbocycles. The lowest BCUT2D eigenvalue weighted by molar-refractivity contribution is -0.337. The molecule has 3 aliphatic rings. The number of hydrogen-bond donors (Lipinski definition) is 0. The predicted molar refractivity (Wildman–Crippen MR) is 207 cm³/mol. The zero-order valence-electron chi connectivity index (χ0n) is 32.3. The average Bonchev–Trinajstić information content (AvgIpc) is 3.54. The van der Waals surface area contributed by atoms with E-state index < -0.39 is 53.8 Å². The molecule has 11 heteroatoms. The fraction of sp³-hybridized carbons (Fsp3) is 0.571. The smallest absolute Gasteiger partial charge is 0.211 e. The minimum Gasteiger partial charge on any atom is -0.495 e. The van der Waals surface area contributed by atoms with Crippen LogP contribution in [0.5, 0.6) is 5.75 Å². The van der Waals surface area contributed by atoms with Crippen molar-refractivity contribution in [1.82, 2.24) is 0 Å². The quantitative estimate of drug-likeness (QED) is 0.141. The Kier molecular flexibility index (Phi) is 12.9. The van der Waals surface area contributed by atoms with Crippen molar-refractivity contribution in [1.29, 1.82) is 0 Å². The summed E-state index contributed by atoms with van der Waals surface area (Å²) < 4.78 is 76.4. The van der Waals surface area contributed by atoms with Gasteiger partial charge in [0.2, 0.25) is 18.2 Å². The van der Waals surface area contributed by atoms with Gasteiger partial charge in [0.25, 0.3) is 0 Å². The molecule has 3 saturated heterocycles. The van der Waals surface area contributed by atoms with Crippen molar-refractivity contribution >= 4 is 18.2 Å². The number of rotatable bonds is 15. The number of sulfone groups is 1. The van der Waals surface area contributed by atoms with Crippen LogP contribution in [0.3, 0.4) is 0 Å². The zero-order valence-corrected chi connectivity index (χ0v) is 34.1. The molecule has 3 fully saturated rings. The second-order valence-electron chi connectivity index (χ2n) is 15.7. The second-order valence-corrected chi connectivity index (χ2v) is 23.1. The summed E-state index contributed by atoms with van der Waals surface area (Å²) in [7, 11) is -5.33. The van der Waals surface area contributed by atoms with Crippen LogP contribution in [-0.2, 0) is 51.2 Å². The van der Waals surface area contributed by atoms with Crippen LogP contribution in [0.1, 0.15) is 78.4 Å². The standard InChI is InChI=1S/C42H58O9SSi/c1-29(2)53(30(3)4,31(5)6)51-39-38-36(23-25-42(50-38)24-22-34(49-42)28-46-26-32-16-10-8-11-17-32)48-41(40(39)47-27-33-18-12-9-13-19-33)52(43,44)37-21-15-14-20-35(37)45-7/h8-21,29-31,34,36,38-41H,22-28H2,1-7H3/t34-,36-,38-,39+,40+,41-,42-/m1/s1. The molecule has 9 nitrogen and oxygen atoms in total. The van der Waals surface area contributed by atoms with E-state index in [1.165, 1.54) is 7.11 Å². The van der Waals surface area contributed by atoms with Gasteiger partial charge in [0.1, 0.15) is 29.0 Å². The Bertz CT molecular complexity index is 1700. The Morgan fingerprint density at radius 3 is 1.96 bits per heavy atom. The van der Waals surface area contributed by atoms with E-state index in [0.717, 1.165) is 17.5 Å². The summed E-state index contributed by atoms with van der Waals surface area (Å²) in [5.41, 5.74) is 1.36. The third kappa shape index (κ3) is 8.48. The first-order valence-electron chi connectivity index (χ1n) is 19.2. The van der Waals surface area contributed by atoms with Gasteiger partial charge in [0.15, 0.2) is 11.2 Å². The number of hydrogen-bond acceptors (Lipinski definition) is 9. The zero-order chi connectivity index (χ0) is 37.8. The van der Waals surface area contributed by atoms with E-state index in [-0.39, 0.29) is 40.0 Å². The highest BCUT2D eigenvalue weighted by molar-refractivity contribution is 7.92. The van der Waals surface area contributed by atoms with Gasteiger partial charge in [-0.2, -0.15) is 0 Å². The van der Waals surface area contributed by atoms with Gasteiger partial charge >= 0.3 is 0 Å². The molecule has 0 bridgehead atoms. The molecule has 7 atom stereocenters. The third-order valence-corrected chi connectivity index (χ3v) is 19.4. The van der Waals surface area contributed by atoms with E-state index in [4.69, 9.17) is 32.8 Å². The Balaban J connectivity index is 1.36. The van der Waals surface area contributed by atoms with Crippen LogP contribution in [0.2, 0.25) is 16.6 Å². The molecular formula is C42H58O9SSi. The average molecular weight is 767 g/mol. The first-order chi connectivity index (χ1) is 25.4. The molecule has 0 unspecified atom stereocenters. The second kappa shape index (κ2) is 17.0. The van der Waals surface area contributed by atoms with Crippen LogP contribution in [0.25, 0.3) is 0 Å². The largest absolute Gasteiger partial charge is 0.495 e. The van der Waals surface area contributed by atoms with Gasteiger partial charge in [0.05, 0.1) is 39.1 Å². The molecule has 0 aliphatic carbocycles. The fourth-order valence-corrected chi connectivity index (χ4v) is 16.3. The van der Waals surface area contributed by atoms with Gasteiger partial charge in [-0.1, -0.05) is 114 Å². The summed E-state index contributed by atoms with van der Waals surface area (Å²) in [6.45, 7) is 14.5. The summed E-state index contributed by atoms with van der Waals surface area (Å²) in [5.74, 6) is -0.602. The lowest BCUT2D eigenvalue weighted by atomic mass is 9.90. The highest BCUT2D eigenvalue weighted by Gasteiger charge is 2.61. The molecule has 3 heterocycles. The van der Waals surface area contributed by atoms with Crippen molar-refractivity contribution in [2.24, 2.45) is 0 Å². The van der Waals surface area contributed by atoms with E-state index >= 15 is 0 Å². The van der Waals surface area contributed by atoms with E-state index in [1.807, 2.05) is 48.5 Å². The van der Waals surface area contributed by atoms with Crippen molar-refractivity contribution in [3.63, 3.8) is 0 Å². The maximum atomic E-state index is 14.9. The minimum atomic E-state index is -4.17. The van der Waals surface area contributed by atoms with Gasteiger partial charge in [0, 0.05) is 12.8 Å². The molecule has 3 aliphatic heterocycles. The first kappa shape index (κ1) is 40.1. The summed E-state index contributed by atoms with van der Waals surface area (Å²) in [6.07, 6.45) is -0.483. The lowest BCUT2D eigenvalue weighted by Crippen LogP contribution is -2.68. The summed E-state index contributed by atoms with van der Waals surface area (Å²) in [6, 6.07) is 26.6. The van der Waals surface area contributed by atoms with Crippen LogP contribution in [-0.4, -0.2) is 72.2 Å². The van der Waals surface area contributed by atoms with Gasteiger partial charge in [-0.25, -0.2) is 8.42 Å². The molecule has 0 aromatic heterocycles.